The Morgan fingerprint density at radius 1 is 1.00 bits per heavy atom. The Labute approximate surface area is 158 Å². The first-order valence-corrected chi connectivity index (χ1v) is 8.88. The monoisotopic (exact) mass is 366 g/mol. The van der Waals surface area contributed by atoms with Crippen LogP contribution in [0.4, 0.5) is 0 Å². The molecule has 0 radical (unpaired) electrons. The van der Waals surface area contributed by atoms with Crippen molar-refractivity contribution in [3.63, 3.8) is 0 Å². The molecule has 2 fully saturated rings. The van der Waals surface area contributed by atoms with E-state index in [2.05, 4.69) is 13.2 Å². The summed E-state index contributed by atoms with van der Waals surface area (Å²) in [6.07, 6.45) is 4.05. The van der Waals surface area contributed by atoms with Gasteiger partial charge in [0.25, 0.3) is 0 Å². The minimum absolute atomic E-state index is 0.172. The van der Waals surface area contributed by atoms with Crippen molar-refractivity contribution in [2.45, 2.75) is 26.7 Å². The number of Topliss-reactive ketones (excluding diaryl/α,β-unsaturated/α-hetero) is 3. The Kier molecular flexibility index (Phi) is 4.50. The molecule has 0 amide bonds. The Balaban J connectivity index is 1.83. The van der Waals surface area contributed by atoms with Gasteiger partial charge < -0.3 is 4.74 Å². The molecule has 2 aliphatic carbocycles. The SMILES string of the molecule is C=CC1CC1(C(C)=O)C(=O)Oc1cccc(C(=O)C2(C(C)=O)CC2C=C)c1. The van der Waals surface area contributed by atoms with Gasteiger partial charge in [0.15, 0.2) is 5.78 Å². The standard InChI is InChI=1S/C22H22O5/c1-5-16-11-21(16,13(3)23)19(25)15-8-7-9-18(10-15)27-20(26)22(14(4)24)12-17(22)6-2/h5-10,16-17H,1-2,11-12H2,3-4H3. The van der Waals surface area contributed by atoms with Gasteiger partial charge in [-0.05, 0) is 44.7 Å². The summed E-state index contributed by atoms with van der Waals surface area (Å²) in [4.78, 5) is 49.5. The van der Waals surface area contributed by atoms with E-state index in [4.69, 9.17) is 4.74 Å². The highest BCUT2D eigenvalue weighted by Gasteiger charge is 2.64. The molecule has 4 atom stereocenters. The second-order valence-electron chi connectivity index (χ2n) is 7.39. The summed E-state index contributed by atoms with van der Waals surface area (Å²) < 4.78 is 5.41. The number of hydrogen-bond acceptors (Lipinski definition) is 5. The largest absolute Gasteiger partial charge is 0.426 e. The first-order valence-electron chi connectivity index (χ1n) is 8.88. The van der Waals surface area contributed by atoms with Gasteiger partial charge in [0.2, 0.25) is 0 Å². The maximum Gasteiger partial charge on any atom is 0.325 e. The molecule has 0 N–H and O–H groups in total. The third-order valence-electron chi connectivity index (χ3n) is 5.93. The fourth-order valence-corrected chi connectivity index (χ4v) is 3.91. The number of hydrogen-bond donors (Lipinski definition) is 0. The summed E-state index contributed by atoms with van der Waals surface area (Å²) in [5.74, 6) is -1.61. The molecule has 3 rings (SSSR count). The molecule has 0 bridgehead atoms. The summed E-state index contributed by atoms with van der Waals surface area (Å²) in [6, 6.07) is 6.18. The van der Waals surface area contributed by atoms with Gasteiger partial charge in [0, 0.05) is 11.5 Å². The van der Waals surface area contributed by atoms with E-state index >= 15 is 0 Å². The summed E-state index contributed by atoms with van der Waals surface area (Å²) in [6.45, 7) is 10.1. The molecule has 0 aromatic heterocycles. The van der Waals surface area contributed by atoms with E-state index in [-0.39, 0.29) is 34.9 Å². The van der Waals surface area contributed by atoms with Crippen molar-refractivity contribution in [2.75, 3.05) is 0 Å². The molecule has 2 aliphatic rings. The van der Waals surface area contributed by atoms with Crippen LogP contribution in [0.2, 0.25) is 0 Å². The van der Waals surface area contributed by atoms with E-state index in [0.717, 1.165) is 0 Å². The summed E-state index contributed by atoms with van der Waals surface area (Å²) in [5, 5.41) is 0. The third-order valence-corrected chi connectivity index (χ3v) is 5.93. The Morgan fingerprint density at radius 2 is 1.56 bits per heavy atom. The highest BCUT2D eigenvalue weighted by Crippen LogP contribution is 2.56. The van der Waals surface area contributed by atoms with Gasteiger partial charge in [-0.25, -0.2) is 0 Å². The third kappa shape index (κ3) is 2.78. The van der Waals surface area contributed by atoms with Crippen molar-refractivity contribution in [1.82, 2.24) is 0 Å². The second kappa shape index (κ2) is 6.41. The van der Waals surface area contributed by atoms with Crippen LogP contribution in [-0.2, 0) is 14.4 Å². The van der Waals surface area contributed by atoms with Gasteiger partial charge in [-0.3, -0.25) is 19.2 Å². The van der Waals surface area contributed by atoms with Gasteiger partial charge in [-0.15, -0.1) is 13.2 Å². The minimum atomic E-state index is -1.17. The van der Waals surface area contributed by atoms with Crippen LogP contribution >= 0.6 is 0 Å². The number of carbonyl (C=O) groups excluding carboxylic acids is 4. The van der Waals surface area contributed by atoms with Crippen molar-refractivity contribution in [3.8, 4) is 5.75 Å². The number of ketones is 3. The number of allylic oxidation sites excluding steroid dienone is 2. The van der Waals surface area contributed by atoms with E-state index in [1.54, 1.807) is 30.4 Å². The Bertz CT molecular complexity index is 882. The van der Waals surface area contributed by atoms with E-state index < -0.39 is 16.8 Å². The molecule has 0 saturated heterocycles. The molecular weight excluding hydrogens is 344 g/mol. The molecule has 0 spiro atoms. The molecule has 0 heterocycles. The van der Waals surface area contributed by atoms with Crippen LogP contribution in [0.1, 0.15) is 37.0 Å². The minimum Gasteiger partial charge on any atom is -0.426 e. The van der Waals surface area contributed by atoms with Crippen molar-refractivity contribution in [1.29, 1.82) is 0 Å². The maximum absolute atomic E-state index is 12.9. The topological polar surface area (TPSA) is 77.5 Å². The predicted octanol–water partition coefficient (Wildman–Crippen LogP) is 3.34. The summed E-state index contributed by atoms with van der Waals surface area (Å²) in [7, 11) is 0. The van der Waals surface area contributed by atoms with Crippen LogP contribution in [0.3, 0.4) is 0 Å². The first-order chi connectivity index (χ1) is 12.7. The highest BCUT2D eigenvalue weighted by atomic mass is 16.5. The van der Waals surface area contributed by atoms with Crippen LogP contribution in [-0.4, -0.2) is 23.3 Å². The van der Waals surface area contributed by atoms with Gasteiger partial charge in [0.1, 0.15) is 22.7 Å². The number of carbonyl (C=O) groups is 4. The van der Waals surface area contributed by atoms with E-state index in [1.807, 2.05) is 0 Å². The van der Waals surface area contributed by atoms with Crippen LogP contribution < -0.4 is 4.74 Å². The number of benzene rings is 1. The van der Waals surface area contributed by atoms with Gasteiger partial charge >= 0.3 is 5.97 Å². The van der Waals surface area contributed by atoms with Crippen molar-refractivity contribution in [3.05, 3.63) is 55.1 Å². The molecule has 1 aromatic carbocycles. The van der Waals surface area contributed by atoms with Crippen LogP contribution in [0.25, 0.3) is 0 Å². The lowest BCUT2D eigenvalue weighted by molar-refractivity contribution is -0.145. The molecule has 140 valence electrons. The van der Waals surface area contributed by atoms with Gasteiger partial charge in [-0.2, -0.15) is 0 Å². The lowest BCUT2D eigenvalue weighted by Crippen LogP contribution is -2.30. The second-order valence-corrected chi connectivity index (χ2v) is 7.39. The zero-order chi connectivity index (χ0) is 20.0. The molecule has 4 unspecified atom stereocenters. The predicted molar refractivity (Wildman–Crippen MR) is 99.2 cm³/mol. The van der Waals surface area contributed by atoms with Crippen LogP contribution in [0.15, 0.2) is 49.6 Å². The smallest absolute Gasteiger partial charge is 0.325 e. The fourth-order valence-electron chi connectivity index (χ4n) is 3.91. The number of esters is 1. The van der Waals surface area contributed by atoms with E-state index in [0.29, 0.717) is 18.4 Å². The quantitative estimate of drug-likeness (QED) is 0.232. The fraction of sp³-hybridized carbons (Fsp3) is 0.364. The molecule has 1 aromatic rings. The summed E-state index contributed by atoms with van der Waals surface area (Å²) in [5.41, 5.74) is -1.94. The molecule has 27 heavy (non-hydrogen) atoms. The van der Waals surface area contributed by atoms with Crippen molar-refractivity contribution in [2.24, 2.45) is 22.7 Å². The Morgan fingerprint density at radius 3 is 2.04 bits per heavy atom. The van der Waals surface area contributed by atoms with Gasteiger partial charge in [-0.1, -0.05) is 24.3 Å². The van der Waals surface area contributed by atoms with E-state index in [9.17, 15) is 19.2 Å². The van der Waals surface area contributed by atoms with Crippen LogP contribution in [0, 0.1) is 22.7 Å². The first kappa shape index (κ1) is 19.0. The van der Waals surface area contributed by atoms with Crippen LogP contribution in [0.5, 0.6) is 5.75 Å². The average molecular weight is 366 g/mol. The highest BCUT2D eigenvalue weighted by molar-refractivity contribution is 6.17. The number of rotatable bonds is 8. The lowest BCUT2D eigenvalue weighted by atomic mass is 9.88. The van der Waals surface area contributed by atoms with Gasteiger partial charge in [0.05, 0.1) is 5.41 Å². The molecule has 0 aliphatic heterocycles. The van der Waals surface area contributed by atoms with Crippen molar-refractivity contribution < 1.29 is 23.9 Å². The molecule has 5 heteroatoms. The Hall–Kier alpha value is -2.82. The summed E-state index contributed by atoms with van der Waals surface area (Å²) >= 11 is 0. The molecular formula is C22H22O5. The molecule has 2 saturated carbocycles. The molecule has 5 nitrogen and oxygen atoms in total. The maximum atomic E-state index is 12.9. The zero-order valence-corrected chi connectivity index (χ0v) is 15.5. The zero-order valence-electron chi connectivity index (χ0n) is 15.5. The van der Waals surface area contributed by atoms with E-state index in [1.165, 1.54) is 19.9 Å². The number of ether oxygens (including phenoxy) is 1. The lowest BCUT2D eigenvalue weighted by Gasteiger charge is -2.15. The van der Waals surface area contributed by atoms with Crippen molar-refractivity contribution >= 4 is 23.3 Å². The normalized spacial score (nSPS) is 30.7. The average Bonchev–Trinajstić information content (AvgIpc) is 3.53.